The van der Waals surface area contributed by atoms with E-state index in [0.717, 1.165) is 17.8 Å². The molecule has 0 aliphatic carbocycles. The summed E-state index contributed by atoms with van der Waals surface area (Å²) in [5, 5.41) is 7.12. The third-order valence-electron chi connectivity index (χ3n) is 5.59. The molecule has 32 heavy (non-hydrogen) atoms. The van der Waals surface area contributed by atoms with Crippen molar-refractivity contribution >= 4 is 11.9 Å². The van der Waals surface area contributed by atoms with Crippen molar-refractivity contribution in [2.45, 2.75) is 12.8 Å². The number of pyridine rings is 1. The zero-order valence-corrected chi connectivity index (χ0v) is 17.4. The van der Waals surface area contributed by atoms with Crippen molar-refractivity contribution in [1.29, 1.82) is 0 Å². The normalized spacial score (nSPS) is 22.2. The van der Waals surface area contributed by atoms with Crippen LogP contribution in [0.3, 0.4) is 0 Å². The van der Waals surface area contributed by atoms with Gasteiger partial charge in [0.25, 0.3) is 5.91 Å². The molecule has 2 aliphatic heterocycles. The molecular formula is C21H24F3N3O5. The third-order valence-corrected chi connectivity index (χ3v) is 5.59. The molecule has 0 unspecified atom stereocenters. The lowest BCUT2D eigenvalue weighted by molar-refractivity contribution is -0.192. The highest BCUT2D eigenvalue weighted by Crippen LogP contribution is 2.42. The van der Waals surface area contributed by atoms with Gasteiger partial charge in [0.2, 0.25) is 0 Å². The molecule has 0 radical (unpaired) electrons. The van der Waals surface area contributed by atoms with Crippen LogP contribution in [-0.2, 0) is 27.9 Å². The van der Waals surface area contributed by atoms with Gasteiger partial charge < -0.3 is 24.0 Å². The molecule has 4 rings (SSSR count). The number of amides is 1. The maximum absolute atomic E-state index is 12.8. The average molecular weight is 455 g/mol. The highest BCUT2D eigenvalue weighted by Gasteiger charge is 2.52. The molecule has 2 fully saturated rings. The minimum atomic E-state index is -5.08. The number of aliphatic carboxylic acids is 1. The van der Waals surface area contributed by atoms with Crippen molar-refractivity contribution in [3.8, 4) is 0 Å². The molecule has 2 aromatic heterocycles. The summed E-state index contributed by atoms with van der Waals surface area (Å²) in [7, 11) is 1.90. The number of nitrogens with zero attached hydrogens (tertiary/aromatic N) is 3. The van der Waals surface area contributed by atoms with Crippen molar-refractivity contribution in [2.75, 3.05) is 32.9 Å². The number of carboxylic acid groups (broad SMARTS) is 1. The van der Waals surface area contributed by atoms with Crippen molar-refractivity contribution < 1.29 is 37.3 Å². The number of ether oxygens (including phenoxy) is 2. The number of alkyl halides is 3. The highest BCUT2D eigenvalue weighted by molar-refractivity contribution is 5.93. The van der Waals surface area contributed by atoms with Gasteiger partial charge in [-0.25, -0.2) is 4.79 Å². The molecule has 11 heteroatoms. The topological polar surface area (TPSA) is 93.9 Å². The van der Waals surface area contributed by atoms with Crippen LogP contribution in [-0.4, -0.2) is 70.5 Å². The average Bonchev–Trinajstić information content (AvgIpc) is 3.42. The molecular weight excluding hydrogens is 431 g/mol. The fourth-order valence-corrected chi connectivity index (χ4v) is 3.89. The number of hydrogen-bond donors (Lipinski definition) is 1. The summed E-state index contributed by atoms with van der Waals surface area (Å²) in [5.74, 6) is -2.33. The van der Waals surface area contributed by atoms with E-state index in [1.165, 1.54) is 0 Å². The number of likely N-dealkylation sites (tertiary alicyclic amines) is 1. The Kier molecular flexibility index (Phi) is 7.19. The van der Waals surface area contributed by atoms with Crippen LogP contribution in [0.1, 0.15) is 16.1 Å². The lowest BCUT2D eigenvalue weighted by Crippen LogP contribution is -2.37. The Labute approximate surface area is 182 Å². The third kappa shape index (κ3) is 5.46. The number of fused-ring (bicyclic) bond motifs is 1. The van der Waals surface area contributed by atoms with Crippen LogP contribution < -0.4 is 0 Å². The predicted octanol–water partition coefficient (Wildman–Crippen LogP) is 2.36. The second-order valence-electron chi connectivity index (χ2n) is 7.92. The molecule has 0 aromatic carbocycles. The van der Waals surface area contributed by atoms with Crippen molar-refractivity contribution in [1.82, 2.24) is 14.5 Å². The molecule has 4 heterocycles. The Morgan fingerprint density at radius 3 is 2.69 bits per heavy atom. The fourth-order valence-electron chi connectivity index (χ4n) is 3.89. The van der Waals surface area contributed by atoms with E-state index in [0.29, 0.717) is 38.9 Å². The smallest absolute Gasteiger partial charge is 0.475 e. The van der Waals surface area contributed by atoms with Gasteiger partial charge in [-0.1, -0.05) is 6.07 Å². The van der Waals surface area contributed by atoms with Gasteiger partial charge in [0.1, 0.15) is 5.69 Å². The number of rotatable bonds is 5. The van der Waals surface area contributed by atoms with E-state index in [4.69, 9.17) is 19.4 Å². The minimum absolute atomic E-state index is 0.0912. The molecule has 2 saturated heterocycles. The lowest BCUT2D eigenvalue weighted by Gasteiger charge is -2.27. The molecule has 2 aliphatic rings. The second-order valence-corrected chi connectivity index (χ2v) is 7.92. The van der Waals surface area contributed by atoms with Gasteiger partial charge in [0.05, 0.1) is 26.4 Å². The molecule has 0 spiro atoms. The summed E-state index contributed by atoms with van der Waals surface area (Å²) >= 11 is 0. The van der Waals surface area contributed by atoms with E-state index < -0.39 is 12.1 Å². The Bertz CT molecular complexity index is 934. The SMILES string of the molecule is Cn1cccc1C(=O)N1C[C@@H]2COC[C@]2(COCc2cccnc2)C1.O=C(O)C(F)(F)F. The summed E-state index contributed by atoms with van der Waals surface area (Å²) in [6, 6.07) is 7.69. The summed E-state index contributed by atoms with van der Waals surface area (Å²) in [6.07, 6.45) is 0.396. The Morgan fingerprint density at radius 2 is 2.09 bits per heavy atom. The van der Waals surface area contributed by atoms with Crippen LogP contribution in [0.4, 0.5) is 13.2 Å². The summed E-state index contributed by atoms with van der Waals surface area (Å²) in [5.41, 5.74) is 1.69. The first kappa shape index (κ1) is 23.7. The highest BCUT2D eigenvalue weighted by atomic mass is 19.4. The van der Waals surface area contributed by atoms with Crippen LogP contribution >= 0.6 is 0 Å². The first-order valence-corrected chi connectivity index (χ1v) is 9.87. The van der Waals surface area contributed by atoms with E-state index in [-0.39, 0.29) is 11.3 Å². The van der Waals surface area contributed by atoms with Gasteiger partial charge in [-0.3, -0.25) is 9.78 Å². The molecule has 174 valence electrons. The zero-order valence-electron chi connectivity index (χ0n) is 17.4. The van der Waals surface area contributed by atoms with Gasteiger partial charge in [-0.15, -0.1) is 0 Å². The van der Waals surface area contributed by atoms with E-state index in [1.54, 1.807) is 6.20 Å². The first-order chi connectivity index (χ1) is 15.1. The molecule has 2 atom stereocenters. The number of aromatic nitrogens is 2. The van der Waals surface area contributed by atoms with Crippen LogP contribution in [0.2, 0.25) is 0 Å². The Hall–Kier alpha value is -2.92. The number of hydrogen-bond acceptors (Lipinski definition) is 5. The van der Waals surface area contributed by atoms with Gasteiger partial charge in [-0.2, -0.15) is 13.2 Å². The summed E-state index contributed by atoms with van der Waals surface area (Å²) in [6.45, 7) is 3.92. The Morgan fingerprint density at radius 1 is 1.34 bits per heavy atom. The van der Waals surface area contributed by atoms with Crippen molar-refractivity contribution in [3.63, 3.8) is 0 Å². The maximum Gasteiger partial charge on any atom is 0.490 e. The van der Waals surface area contributed by atoms with Gasteiger partial charge >= 0.3 is 12.1 Å². The second kappa shape index (κ2) is 9.70. The van der Waals surface area contributed by atoms with E-state index >= 15 is 0 Å². The standard InChI is InChI=1S/C19H23N3O3.C2HF3O2/c1-21-7-3-5-17(21)18(23)22-9-16-11-25-14-19(16,12-22)13-24-10-15-4-2-6-20-8-15;3-2(4,5)1(6)7/h2-8,16H,9-14H2,1H3;(H,6,7)/t16-,19-;/m1./s1. The van der Waals surface area contributed by atoms with E-state index in [9.17, 15) is 18.0 Å². The van der Waals surface area contributed by atoms with Crippen LogP contribution in [0.25, 0.3) is 0 Å². The van der Waals surface area contributed by atoms with Crippen molar-refractivity contribution in [3.05, 3.63) is 54.1 Å². The summed E-state index contributed by atoms with van der Waals surface area (Å²) < 4.78 is 45.3. The minimum Gasteiger partial charge on any atom is -0.475 e. The van der Waals surface area contributed by atoms with Gasteiger partial charge in [-0.05, 0) is 23.8 Å². The molecule has 1 N–H and O–H groups in total. The molecule has 2 aromatic rings. The van der Waals surface area contributed by atoms with Crippen molar-refractivity contribution in [2.24, 2.45) is 18.4 Å². The number of halogens is 3. The number of carbonyl (C=O) groups is 2. The van der Waals surface area contributed by atoms with Gasteiger partial charge in [0, 0.05) is 50.1 Å². The number of carboxylic acids is 1. The molecule has 1 amide bonds. The largest absolute Gasteiger partial charge is 0.490 e. The summed E-state index contributed by atoms with van der Waals surface area (Å²) in [4.78, 5) is 27.8. The predicted molar refractivity (Wildman–Crippen MR) is 106 cm³/mol. The fraction of sp³-hybridized carbons (Fsp3) is 0.476. The van der Waals surface area contributed by atoms with E-state index in [2.05, 4.69) is 4.98 Å². The van der Waals surface area contributed by atoms with Gasteiger partial charge in [0.15, 0.2) is 0 Å². The monoisotopic (exact) mass is 455 g/mol. The Balaban J connectivity index is 0.000000360. The van der Waals surface area contributed by atoms with Crippen LogP contribution in [0.5, 0.6) is 0 Å². The first-order valence-electron chi connectivity index (χ1n) is 9.87. The quantitative estimate of drug-likeness (QED) is 0.744. The molecule has 0 saturated carbocycles. The zero-order chi connectivity index (χ0) is 23.4. The molecule has 0 bridgehead atoms. The maximum atomic E-state index is 12.8. The molecule has 8 nitrogen and oxygen atoms in total. The van der Waals surface area contributed by atoms with Crippen LogP contribution in [0, 0.1) is 11.3 Å². The number of carbonyl (C=O) groups excluding carboxylic acids is 1. The number of aryl methyl sites for hydroxylation is 1. The lowest BCUT2D eigenvalue weighted by atomic mass is 9.82. The van der Waals surface area contributed by atoms with Crippen LogP contribution in [0.15, 0.2) is 42.9 Å². The van der Waals surface area contributed by atoms with E-state index in [1.807, 2.05) is 53.2 Å².